The summed E-state index contributed by atoms with van der Waals surface area (Å²) in [7, 11) is 2.95. The second-order valence-corrected chi connectivity index (χ2v) is 4.85. The molecule has 0 radical (unpaired) electrons. The van der Waals surface area contributed by atoms with E-state index < -0.39 is 5.97 Å². The van der Waals surface area contributed by atoms with Crippen LogP contribution in [0.25, 0.3) is 0 Å². The smallest absolute Gasteiger partial charge is 0.358 e. The summed E-state index contributed by atoms with van der Waals surface area (Å²) in [5, 5.41) is 6.78. The summed E-state index contributed by atoms with van der Waals surface area (Å²) in [6.07, 6.45) is 6.69. The van der Waals surface area contributed by atoms with Crippen LogP contribution in [0.15, 0.2) is 6.20 Å². The van der Waals surface area contributed by atoms with Crippen molar-refractivity contribution in [1.29, 1.82) is 0 Å². The Morgan fingerprint density at radius 1 is 1.37 bits per heavy atom. The first-order chi connectivity index (χ1) is 9.13. The highest BCUT2D eigenvalue weighted by Gasteiger charge is 2.24. The summed E-state index contributed by atoms with van der Waals surface area (Å²) in [6.45, 7) is 0. The van der Waals surface area contributed by atoms with Gasteiger partial charge in [-0.2, -0.15) is 5.10 Å². The van der Waals surface area contributed by atoms with Crippen LogP contribution in [0, 0.1) is 5.92 Å². The van der Waals surface area contributed by atoms with Crippen molar-refractivity contribution in [3.8, 4) is 0 Å². The zero-order chi connectivity index (χ0) is 13.8. The molecule has 0 atom stereocenters. The van der Waals surface area contributed by atoms with E-state index in [1.54, 1.807) is 7.05 Å². The molecule has 1 N–H and O–H groups in total. The van der Waals surface area contributed by atoms with Crippen LogP contribution in [0.2, 0.25) is 0 Å². The lowest BCUT2D eigenvalue weighted by Crippen LogP contribution is -2.25. The van der Waals surface area contributed by atoms with Gasteiger partial charge in [-0.1, -0.05) is 19.3 Å². The van der Waals surface area contributed by atoms with E-state index >= 15 is 0 Å². The maximum atomic E-state index is 12.1. The molecule has 6 nitrogen and oxygen atoms in total. The Hall–Kier alpha value is -1.85. The van der Waals surface area contributed by atoms with Crippen molar-refractivity contribution in [3.63, 3.8) is 0 Å². The number of hydrogen-bond acceptors (Lipinski definition) is 4. The van der Waals surface area contributed by atoms with E-state index in [1.165, 1.54) is 24.4 Å². The lowest BCUT2D eigenvalue weighted by atomic mass is 9.88. The van der Waals surface area contributed by atoms with Crippen LogP contribution in [0.3, 0.4) is 0 Å². The molecule has 0 bridgehead atoms. The number of ether oxygens (including phenoxy) is 1. The number of nitrogens with zero attached hydrogens (tertiary/aromatic N) is 2. The highest BCUT2D eigenvalue weighted by molar-refractivity contribution is 6.00. The minimum absolute atomic E-state index is 0.0298. The summed E-state index contributed by atoms with van der Waals surface area (Å²) in [6, 6.07) is 0. The fourth-order valence-electron chi connectivity index (χ4n) is 2.47. The molecule has 1 saturated carbocycles. The minimum atomic E-state index is -0.501. The Balaban J connectivity index is 2.10. The minimum Gasteiger partial charge on any atom is -0.464 e. The quantitative estimate of drug-likeness (QED) is 0.845. The van der Waals surface area contributed by atoms with Gasteiger partial charge in [0.05, 0.1) is 19.0 Å². The molecule has 1 fully saturated rings. The van der Waals surface area contributed by atoms with Crippen molar-refractivity contribution in [2.45, 2.75) is 32.1 Å². The molecule has 1 heterocycles. The third-order valence-corrected chi connectivity index (χ3v) is 3.55. The van der Waals surface area contributed by atoms with Gasteiger partial charge in [0.2, 0.25) is 5.91 Å². The van der Waals surface area contributed by atoms with Gasteiger partial charge in [-0.25, -0.2) is 4.79 Å². The molecular formula is C13H19N3O3. The van der Waals surface area contributed by atoms with Crippen molar-refractivity contribution in [3.05, 3.63) is 11.9 Å². The maximum Gasteiger partial charge on any atom is 0.358 e. The van der Waals surface area contributed by atoms with Gasteiger partial charge in [-0.3, -0.25) is 9.48 Å². The molecule has 0 aromatic carbocycles. The fraction of sp³-hybridized carbons (Fsp3) is 0.615. The molecule has 1 amide bonds. The van der Waals surface area contributed by atoms with E-state index in [0.29, 0.717) is 5.69 Å². The largest absolute Gasteiger partial charge is 0.464 e. The second-order valence-electron chi connectivity index (χ2n) is 4.85. The number of carbonyl (C=O) groups is 2. The zero-order valence-electron chi connectivity index (χ0n) is 11.3. The van der Waals surface area contributed by atoms with E-state index in [1.807, 2.05) is 0 Å². The second kappa shape index (κ2) is 5.86. The molecule has 1 aromatic heterocycles. The molecule has 2 rings (SSSR count). The molecule has 0 aliphatic heterocycles. The van der Waals surface area contributed by atoms with E-state index in [9.17, 15) is 9.59 Å². The van der Waals surface area contributed by atoms with E-state index in [2.05, 4.69) is 10.4 Å². The molecule has 6 heteroatoms. The highest BCUT2D eigenvalue weighted by atomic mass is 16.5. The number of nitrogens with one attached hydrogen (secondary N) is 1. The van der Waals surface area contributed by atoms with Gasteiger partial charge >= 0.3 is 5.97 Å². The number of carbonyl (C=O) groups excluding carboxylic acids is 2. The Labute approximate surface area is 112 Å². The van der Waals surface area contributed by atoms with E-state index in [0.717, 1.165) is 25.7 Å². The number of hydrogen-bond donors (Lipinski definition) is 1. The standard InChI is InChI=1S/C13H19N3O3/c1-16-11(13(18)19-2)10(8-14-16)15-12(17)9-6-4-3-5-7-9/h8-9H,3-7H2,1-2H3,(H,15,17). The van der Waals surface area contributed by atoms with Crippen molar-refractivity contribution in [1.82, 2.24) is 9.78 Å². The first-order valence-electron chi connectivity index (χ1n) is 6.54. The zero-order valence-corrected chi connectivity index (χ0v) is 11.3. The fourth-order valence-corrected chi connectivity index (χ4v) is 2.47. The average Bonchev–Trinajstić information content (AvgIpc) is 2.80. The highest BCUT2D eigenvalue weighted by Crippen LogP contribution is 2.25. The summed E-state index contributed by atoms with van der Waals surface area (Å²) in [5.41, 5.74) is 0.691. The number of amides is 1. The summed E-state index contributed by atoms with van der Waals surface area (Å²) >= 11 is 0. The SMILES string of the molecule is COC(=O)c1c(NC(=O)C2CCCCC2)cnn1C. The maximum absolute atomic E-state index is 12.1. The Bertz CT molecular complexity index is 475. The van der Waals surface area contributed by atoms with Crippen LogP contribution in [0.4, 0.5) is 5.69 Å². The Morgan fingerprint density at radius 3 is 2.68 bits per heavy atom. The summed E-state index contributed by atoms with van der Waals surface area (Å²) < 4.78 is 6.10. The van der Waals surface area contributed by atoms with Crippen LogP contribution >= 0.6 is 0 Å². The molecule has 1 aliphatic carbocycles. The molecule has 104 valence electrons. The number of anilines is 1. The predicted molar refractivity (Wildman–Crippen MR) is 69.8 cm³/mol. The Kier molecular flexibility index (Phi) is 4.19. The molecule has 1 aromatic rings. The van der Waals surface area contributed by atoms with Crippen LogP contribution in [-0.4, -0.2) is 28.8 Å². The van der Waals surface area contributed by atoms with Crippen molar-refractivity contribution < 1.29 is 14.3 Å². The van der Waals surface area contributed by atoms with Gasteiger partial charge in [-0.15, -0.1) is 0 Å². The molecular weight excluding hydrogens is 246 g/mol. The monoisotopic (exact) mass is 265 g/mol. The van der Waals surface area contributed by atoms with Gasteiger partial charge in [0.15, 0.2) is 5.69 Å². The lowest BCUT2D eigenvalue weighted by Gasteiger charge is -2.20. The van der Waals surface area contributed by atoms with Gasteiger partial charge in [0.1, 0.15) is 0 Å². The van der Waals surface area contributed by atoms with Crippen LogP contribution in [0.5, 0.6) is 0 Å². The first kappa shape index (κ1) is 13.6. The molecule has 1 aliphatic rings. The number of rotatable bonds is 3. The number of esters is 1. The third kappa shape index (κ3) is 2.94. The molecule has 19 heavy (non-hydrogen) atoms. The normalized spacial score (nSPS) is 16.1. The third-order valence-electron chi connectivity index (χ3n) is 3.55. The topological polar surface area (TPSA) is 73.2 Å². The van der Waals surface area contributed by atoms with Gasteiger partial charge in [-0.05, 0) is 12.8 Å². The average molecular weight is 265 g/mol. The summed E-state index contributed by atoms with van der Waals surface area (Å²) in [4.78, 5) is 23.8. The van der Waals surface area contributed by atoms with Gasteiger partial charge in [0, 0.05) is 13.0 Å². The molecule has 0 unspecified atom stereocenters. The molecule has 0 spiro atoms. The van der Waals surface area contributed by atoms with E-state index in [4.69, 9.17) is 4.74 Å². The number of aromatic nitrogens is 2. The Morgan fingerprint density at radius 2 is 2.05 bits per heavy atom. The lowest BCUT2D eigenvalue weighted by molar-refractivity contribution is -0.120. The van der Waals surface area contributed by atoms with E-state index in [-0.39, 0.29) is 17.5 Å². The van der Waals surface area contributed by atoms with Crippen LogP contribution in [-0.2, 0) is 16.6 Å². The number of methoxy groups -OCH3 is 1. The first-order valence-corrected chi connectivity index (χ1v) is 6.54. The number of aryl methyl sites for hydroxylation is 1. The van der Waals surface area contributed by atoms with Crippen molar-refractivity contribution >= 4 is 17.6 Å². The molecule has 0 saturated heterocycles. The van der Waals surface area contributed by atoms with Crippen LogP contribution in [0.1, 0.15) is 42.6 Å². The van der Waals surface area contributed by atoms with Gasteiger partial charge < -0.3 is 10.1 Å². The van der Waals surface area contributed by atoms with Crippen molar-refractivity contribution in [2.75, 3.05) is 12.4 Å². The predicted octanol–water partition coefficient (Wildman–Crippen LogP) is 1.73. The van der Waals surface area contributed by atoms with Gasteiger partial charge in [0.25, 0.3) is 0 Å². The van der Waals surface area contributed by atoms with Crippen LogP contribution < -0.4 is 5.32 Å². The van der Waals surface area contributed by atoms with Crippen molar-refractivity contribution in [2.24, 2.45) is 13.0 Å². The summed E-state index contributed by atoms with van der Waals surface area (Å²) in [5.74, 6) is -0.490.